The molecule has 0 rings (SSSR count). The number of rotatable bonds is 16. The standard InChI is InChI=1S/C21H41N7O5S/c1-11(2)15(22)19(31)27-14(8-10-34-5)17(29)26-13(7-6-9-25-21(23)24)18(30)28-16(12(3)4)20(32)33/h11-16H,6-10,22H2,1-5H3,(H,26,29)(H,27,31)(H,28,30)(H,32,33)(H4,23,24,25). The van der Waals surface area contributed by atoms with E-state index in [4.69, 9.17) is 17.2 Å². The van der Waals surface area contributed by atoms with Crippen molar-refractivity contribution < 1.29 is 24.3 Å². The van der Waals surface area contributed by atoms with Crippen LogP contribution >= 0.6 is 11.8 Å². The monoisotopic (exact) mass is 503 g/mol. The van der Waals surface area contributed by atoms with Gasteiger partial charge in [-0.05, 0) is 43.1 Å². The van der Waals surface area contributed by atoms with E-state index in [0.717, 1.165) is 0 Å². The largest absolute Gasteiger partial charge is 0.480 e. The second-order valence-corrected chi connectivity index (χ2v) is 9.68. The van der Waals surface area contributed by atoms with E-state index in [2.05, 4.69) is 20.9 Å². The van der Waals surface area contributed by atoms with Crippen molar-refractivity contribution in [2.45, 2.75) is 71.1 Å². The summed E-state index contributed by atoms with van der Waals surface area (Å²) in [5.74, 6) is -2.85. The fraction of sp³-hybridized carbons (Fsp3) is 0.762. The topological polar surface area (TPSA) is 215 Å². The Morgan fingerprint density at radius 1 is 0.882 bits per heavy atom. The number of nitrogens with two attached hydrogens (primary N) is 3. The highest BCUT2D eigenvalue weighted by molar-refractivity contribution is 7.98. The molecule has 0 aromatic rings. The number of carbonyl (C=O) groups excluding carboxylic acids is 3. The molecule has 3 amide bonds. The smallest absolute Gasteiger partial charge is 0.326 e. The molecule has 34 heavy (non-hydrogen) atoms. The Labute approximate surface area is 205 Å². The number of aliphatic imine (C=N–C) groups is 1. The second-order valence-electron chi connectivity index (χ2n) is 8.69. The Bertz CT molecular complexity index is 714. The third kappa shape index (κ3) is 12.1. The van der Waals surface area contributed by atoms with E-state index in [0.29, 0.717) is 18.6 Å². The van der Waals surface area contributed by atoms with Gasteiger partial charge in [-0.3, -0.25) is 19.4 Å². The van der Waals surface area contributed by atoms with Gasteiger partial charge in [-0.25, -0.2) is 4.79 Å². The Hall–Kier alpha value is -2.54. The van der Waals surface area contributed by atoms with Crippen LogP contribution in [-0.2, 0) is 19.2 Å². The molecule has 0 aromatic carbocycles. The van der Waals surface area contributed by atoms with Gasteiger partial charge in [0.15, 0.2) is 5.96 Å². The van der Waals surface area contributed by atoms with Crippen LogP contribution in [0.2, 0.25) is 0 Å². The normalized spacial score (nSPS) is 14.6. The van der Waals surface area contributed by atoms with E-state index in [1.807, 2.05) is 6.26 Å². The van der Waals surface area contributed by atoms with Crippen molar-refractivity contribution in [2.24, 2.45) is 34.0 Å². The molecule has 0 spiro atoms. The number of thioether (sulfide) groups is 1. The third-order valence-electron chi connectivity index (χ3n) is 5.07. The van der Waals surface area contributed by atoms with Crippen molar-refractivity contribution in [1.82, 2.24) is 16.0 Å². The summed E-state index contributed by atoms with van der Waals surface area (Å²) in [6.45, 7) is 7.15. The SMILES string of the molecule is CSCCC(NC(=O)C(N)C(C)C)C(=O)NC(CCCN=C(N)N)C(=O)NC(C(=O)O)C(C)C. The molecule has 0 aliphatic carbocycles. The van der Waals surface area contributed by atoms with Crippen LogP contribution in [0.25, 0.3) is 0 Å². The molecule has 0 aliphatic heterocycles. The first-order valence-electron chi connectivity index (χ1n) is 11.3. The molecule has 0 saturated carbocycles. The van der Waals surface area contributed by atoms with Gasteiger partial charge in [-0.2, -0.15) is 11.8 Å². The van der Waals surface area contributed by atoms with Crippen molar-refractivity contribution in [3.8, 4) is 0 Å². The van der Waals surface area contributed by atoms with Gasteiger partial charge in [-0.15, -0.1) is 0 Å². The molecular formula is C21H41N7O5S. The number of carbonyl (C=O) groups is 4. The summed E-state index contributed by atoms with van der Waals surface area (Å²) in [5.41, 5.74) is 16.5. The molecule has 4 unspecified atom stereocenters. The first-order valence-corrected chi connectivity index (χ1v) is 12.6. The second kappa shape index (κ2) is 16.1. The zero-order valence-corrected chi connectivity index (χ0v) is 21.5. The van der Waals surface area contributed by atoms with Crippen LogP contribution in [0.15, 0.2) is 4.99 Å². The zero-order valence-electron chi connectivity index (χ0n) is 20.7. The molecule has 0 fully saturated rings. The van der Waals surface area contributed by atoms with E-state index in [1.54, 1.807) is 27.7 Å². The number of amides is 3. The summed E-state index contributed by atoms with van der Waals surface area (Å²) in [5, 5.41) is 17.2. The molecule has 0 heterocycles. The van der Waals surface area contributed by atoms with E-state index < -0.39 is 47.9 Å². The molecule has 0 bridgehead atoms. The van der Waals surface area contributed by atoms with Crippen LogP contribution in [-0.4, -0.2) is 77.5 Å². The van der Waals surface area contributed by atoms with Crippen LogP contribution in [0.4, 0.5) is 0 Å². The number of nitrogens with zero attached hydrogens (tertiary/aromatic N) is 1. The zero-order chi connectivity index (χ0) is 26.4. The van der Waals surface area contributed by atoms with Crippen molar-refractivity contribution >= 4 is 41.4 Å². The van der Waals surface area contributed by atoms with Crippen molar-refractivity contribution in [3.63, 3.8) is 0 Å². The van der Waals surface area contributed by atoms with Gasteiger partial charge in [0.1, 0.15) is 18.1 Å². The first-order chi connectivity index (χ1) is 15.8. The minimum absolute atomic E-state index is 0.0999. The number of hydrogen-bond donors (Lipinski definition) is 7. The summed E-state index contributed by atoms with van der Waals surface area (Å²) >= 11 is 1.50. The van der Waals surface area contributed by atoms with Gasteiger partial charge in [0, 0.05) is 6.54 Å². The molecule has 0 aromatic heterocycles. The van der Waals surface area contributed by atoms with Crippen LogP contribution < -0.4 is 33.2 Å². The molecule has 4 atom stereocenters. The lowest BCUT2D eigenvalue weighted by atomic mass is 10.0. The lowest BCUT2D eigenvalue weighted by Gasteiger charge is -2.26. The summed E-state index contributed by atoms with van der Waals surface area (Å²) < 4.78 is 0. The predicted molar refractivity (Wildman–Crippen MR) is 134 cm³/mol. The molecule has 196 valence electrons. The first kappa shape index (κ1) is 31.5. The quantitative estimate of drug-likeness (QED) is 0.0777. The molecule has 0 radical (unpaired) electrons. The number of aliphatic carboxylic acids is 1. The number of hydrogen-bond acceptors (Lipinski definition) is 7. The van der Waals surface area contributed by atoms with Gasteiger partial charge in [0.05, 0.1) is 6.04 Å². The number of carboxylic acids is 1. The Kier molecular flexibility index (Phi) is 14.9. The number of guanidine groups is 1. The van der Waals surface area contributed by atoms with Crippen molar-refractivity contribution in [2.75, 3.05) is 18.6 Å². The van der Waals surface area contributed by atoms with Gasteiger partial charge in [0.25, 0.3) is 0 Å². The van der Waals surface area contributed by atoms with E-state index >= 15 is 0 Å². The highest BCUT2D eigenvalue weighted by Gasteiger charge is 2.31. The molecule has 13 heteroatoms. The summed E-state index contributed by atoms with van der Waals surface area (Å²) in [6.07, 6.45) is 2.72. The van der Waals surface area contributed by atoms with E-state index in [9.17, 15) is 24.3 Å². The lowest BCUT2D eigenvalue weighted by Crippen LogP contribution is -2.58. The van der Waals surface area contributed by atoms with Crippen LogP contribution in [0.3, 0.4) is 0 Å². The molecule has 0 saturated heterocycles. The van der Waals surface area contributed by atoms with Crippen molar-refractivity contribution in [3.05, 3.63) is 0 Å². The Morgan fingerprint density at radius 3 is 1.88 bits per heavy atom. The summed E-state index contributed by atoms with van der Waals surface area (Å²) in [7, 11) is 0. The maximum atomic E-state index is 13.0. The maximum Gasteiger partial charge on any atom is 0.326 e. The highest BCUT2D eigenvalue weighted by Crippen LogP contribution is 2.08. The fourth-order valence-corrected chi connectivity index (χ4v) is 3.36. The number of nitrogens with one attached hydrogen (secondary N) is 3. The lowest BCUT2D eigenvalue weighted by molar-refractivity contribution is -0.143. The van der Waals surface area contributed by atoms with E-state index in [1.165, 1.54) is 11.8 Å². The van der Waals surface area contributed by atoms with Crippen LogP contribution in [0, 0.1) is 11.8 Å². The average Bonchev–Trinajstić information content (AvgIpc) is 2.74. The average molecular weight is 504 g/mol. The summed E-state index contributed by atoms with van der Waals surface area (Å²) in [6, 6.07) is -3.86. The van der Waals surface area contributed by atoms with Crippen LogP contribution in [0.1, 0.15) is 47.0 Å². The van der Waals surface area contributed by atoms with Crippen molar-refractivity contribution in [1.29, 1.82) is 0 Å². The molecular weight excluding hydrogens is 462 g/mol. The van der Waals surface area contributed by atoms with Crippen LogP contribution in [0.5, 0.6) is 0 Å². The number of carboxylic acid groups (broad SMARTS) is 1. The molecule has 12 nitrogen and oxygen atoms in total. The van der Waals surface area contributed by atoms with Gasteiger partial charge in [0.2, 0.25) is 17.7 Å². The predicted octanol–water partition coefficient (Wildman–Crippen LogP) is -1.03. The Morgan fingerprint density at radius 2 is 1.41 bits per heavy atom. The third-order valence-corrected chi connectivity index (χ3v) is 5.72. The van der Waals surface area contributed by atoms with Gasteiger partial charge in [-0.1, -0.05) is 27.7 Å². The van der Waals surface area contributed by atoms with Gasteiger partial charge >= 0.3 is 5.97 Å². The minimum Gasteiger partial charge on any atom is -0.480 e. The summed E-state index contributed by atoms with van der Waals surface area (Å²) in [4.78, 5) is 53.8. The molecule has 0 aliphatic rings. The molecule has 10 N–H and O–H groups in total. The Balaban J connectivity index is 5.58. The maximum absolute atomic E-state index is 13.0. The fourth-order valence-electron chi connectivity index (χ4n) is 2.89. The van der Waals surface area contributed by atoms with Gasteiger partial charge < -0.3 is 38.3 Å². The minimum atomic E-state index is -1.18. The highest BCUT2D eigenvalue weighted by atomic mass is 32.2. The van der Waals surface area contributed by atoms with E-state index in [-0.39, 0.29) is 30.8 Å².